The molecule has 1 aromatic carbocycles. The lowest BCUT2D eigenvalue weighted by atomic mass is 9.78. The first-order valence-corrected chi connectivity index (χ1v) is 7.30. The Morgan fingerprint density at radius 1 is 1.39 bits per heavy atom. The third-order valence-electron chi connectivity index (χ3n) is 4.58. The maximum atomic E-state index is 5.74. The maximum absolute atomic E-state index is 5.74. The summed E-state index contributed by atoms with van der Waals surface area (Å²) in [5.74, 6) is 7.06. The van der Waals surface area contributed by atoms with Crippen LogP contribution < -0.4 is 11.3 Å². The van der Waals surface area contributed by atoms with Gasteiger partial charge in [0.25, 0.3) is 0 Å². The molecule has 3 N–H and O–H groups in total. The first-order valence-electron chi connectivity index (χ1n) is 7.30. The molecule has 2 nitrogen and oxygen atoms in total. The van der Waals surface area contributed by atoms with Gasteiger partial charge in [0.15, 0.2) is 0 Å². The van der Waals surface area contributed by atoms with Gasteiger partial charge in [-0.25, -0.2) is 0 Å². The summed E-state index contributed by atoms with van der Waals surface area (Å²) in [5.41, 5.74) is 6.14. The van der Waals surface area contributed by atoms with Crippen molar-refractivity contribution in [3.8, 4) is 0 Å². The molecule has 18 heavy (non-hydrogen) atoms. The lowest BCUT2D eigenvalue weighted by Crippen LogP contribution is -2.41. The lowest BCUT2D eigenvalue weighted by molar-refractivity contribution is 0.320. The Labute approximate surface area is 111 Å². The number of nitrogens with two attached hydrogens (primary N) is 1. The Kier molecular flexibility index (Phi) is 4.79. The second-order valence-corrected chi connectivity index (χ2v) is 5.68. The van der Waals surface area contributed by atoms with E-state index in [1.807, 2.05) is 0 Å². The average Bonchev–Trinajstić information content (AvgIpc) is 2.44. The van der Waals surface area contributed by atoms with Crippen LogP contribution in [0.3, 0.4) is 0 Å². The van der Waals surface area contributed by atoms with Gasteiger partial charge in [0, 0.05) is 6.04 Å². The van der Waals surface area contributed by atoms with Crippen LogP contribution in [0.1, 0.15) is 56.6 Å². The molecule has 3 unspecified atom stereocenters. The minimum atomic E-state index is 0.436. The van der Waals surface area contributed by atoms with E-state index in [0.29, 0.717) is 17.9 Å². The minimum absolute atomic E-state index is 0.436. The molecule has 0 amide bonds. The number of nitrogens with one attached hydrogen (secondary N) is 1. The Bertz CT molecular complexity index is 375. The van der Waals surface area contributed by atoms with Crippen LogP contribution in [0, 0.1) is 5.92 Å². The number of hydrogen-bond donors (Lipinski definition) is 2. The van der Waals surface area contributed by atoms with E-state index in [2.05, 4.69) is 43.5 Å². The smallest absolute Gasteiger partial charge is 0.0241 e. The van der Waals surface area contributed by atoms with E-state index in [-0.39, 0.29) is 0 Å². The highest BCUT2D eigenvalue weighted by Crippen LogP contribution is 2.35. The quantitative estimate of drug-likeness (QED) is 0.617. The summed E-state index contributed by atoms with van der Waals surface area (Å²) >= 11 is 0. The molecule has 1 aliphatic carbocycles. The standard InChI is InChI=1S/C16H26N2/c1-3-12(2)16(18-17)11-14-9-6-8-13-7-4-5-10-15(13)14/h4-5,7,10,12,14,16,18H,3,6,8-9,11,17H2,1-2H3. The largest absolute Gasteiger partial charge is 0.271 e. The van der Waals surface area contributed by atoms with Gasteiger partial charge in [0.05, 0.1) is 0 Å². The second kappa shape index (κ2) is 6.35. The molecule has 0 aliphatic heterocycles. The highest BCUT2D eigenvalue weighted by molar-refractivity contribution is 5.32. The second-order valence-electron chi connectivity index (χ2n) is 5.68. The number of hydrogen-bond acceptors (Lipinski definition) is 2. The normalized spacial score (nSPS) is 22.3. The zero-order chi connectivity index (χ0) is 13.0. The van der Waals surface area contributed by atoms with Gasteiger partial charge in [0.1, 0.15) is 0 Å². The van der Waals surface area contributed by atoms with Gasteiger partial charge in [-0.2, -0.15) is 0 Å². The first kappa shape index (κ1) is 13.6. The summed E-state index contributed by atoms with van der Waals surface area (Å²) in [6.45, 7) is 4.53. The molecule has 3 atom stereocenters. The van der Waals surface area contributed by atoms with Crippen LogP contribution >= 0.6 is 0 Å². The summed E-state index contributed by atoms with van der Waals surface area (Å²) in [7, 11) is 0. The van der Waals surface area contributed by atoms with Crippen LogP contribution in [0.15, 0.2) is 24.3 Å². The summed E-state index contributed by atoms with van der Waals surface area (Å²) in [6, 6.07) is 9.37. The Hall–Kier alpha value is -0.860. The summed E-state index contributed by atoms with van der Waals surface area (Å²) in [4.78, 5) is 0. The third kappa shape index (κ3) is 2.93. The van der Waals surface area contributed by atoms with E-state index in [1.54, 1.807) is 11.1 Å². The van der Waals surface area contributed by atoms with Crippen molar-refractivity contribution in [2.75, 3.05) is 0 Å². The zero-order valence-corrected chi connectivity index (χ0v) is 11.7. The highest BCUT2D eigenvalue weighted by atomic mass is 15.2. The van der Waals surface area contributed by atoms with Gasteiger partial charge in [0.2, 0.25) is 0 Å². The molecule has 2 rings (SSSR count). The molecule has 1 aromatic rings. The van der Waals surface area contributed by atoms with Crippen molar-refractivity contribution >= 4 is 0 Å². The van der Waals surface area contributed by atoms with Crippen molar-refractivity contribution in [3.63, 3.8) is 0 Å². The molecule has 0 aromatic heterocycles. The maximum Gasteiger partial charge on any atom is 0.0241 e. The van der Waals surface area contributed by atoms with Gasteiger partial charge < -0.3 is 0 Å². The predicted molar refractivity (Wildman–Crippen MR) is 77.3 cm³/mol. The zero-order valence-electron chi connectivity index (χ0n) is 11.7. The summed E-state index contributed by atoms with van der Waals surface area (Å²) in [5, 5.41) is 0. The molecule has 0 heterocycles. The Morgan fingerprint density at radius 3 is 2.89 bits per heavy atom. The van der Waals surface area contributed by atoms with Gasteiger partial charge in [-0.1, -0.05) is 44.5 Å². The fourth-order valence-corrected chi connectivity index (χ4v) is 3.16. The number of hydrazine groups is 1. The Morgan fingerprint density at radius 2 is 2.17 bits per heavy atom. The topological polar surface area (TPSA) is 38.0 Å². The monoisotopic (exact) mass is 246 g/mol. The van der Waals surface area contributed by atoms with E-state index < -0.39 is 0 Å². The van der Waals surface area contributed by atoms with Crippen LogP contribution in [0.2, 0.25) is 0 Å². The predicted octanol–water partition coefficient (Wildman–Crippen LogP) is 3.37. The number of fused-ring (bicyclic) bond motifs is 1. The number of benzene rings is 1. The fraction of sp³-hybridized carbons (Fsp3) is 0.625. The molecule has 0 bridgehead atoms. The van der Waals surface area contributed by atoms with E-state index >= 15 is 0 Å². The summed E-state index contributed by atoms with van der Waals surface area (Å²) in [6.07, 6.45) is 6.23. The molecular formula is C16H26N2. The van der Waals surface area contributed by atoms with Crippen molar-refractivity contribution < 1.29 is 0 Å². The molecular weight excluding hydrogens is 220 g/mol. The van der Waals surface area contributed by atoms with E-state index in [4.69, 9.17) is 5.84 Å². The molecule has 1 aliphatic rings. The van der Waals surface area contributed by atoms with Crippen molar-refractivity contribution in [3.05, 3.63) is 35.4 Å². The number of aryl methyl sites for hydroxylation is 1. The van der Waals surface area contributed by atoms with Crippen molar-refractivity contribution in [2.45, 2.75) is 57.9 Å². The number of rotatable bonds is 5. The molecule has 0 fully saturated rings. The lowest BCUT2D eigenvalue weighted by Gasteiger charge is -2.31. The van der Waals surface area contributed by atoms with Crippen LogP contribution in [0.5, 0.6) is 0 Å². The van der Waals surface area contributed by atoms with Crippen molar-refractivity contribution in [1.29, 1.82) is 0 Å². The summed E-state index contributed by atoms with van der Waals surface area (Å²) < 4.78 is 0. The van der Waals surface area contributed by atoms with Crippen LogP contribution in [0.4, 0.5) is 0 Å². The van der Waals surface area contributed by atoms with Crippen molar-refractivity contribution in [2.24, 2.45) is 11.8 Å². The van der Waals surface area contributed by atoms with E-state index in [0.717, 1.165) is 0 Å². The minimum Gasteiger partial charge on any atom is -0.271 e. The average molecular weight is 246 g/mol. The van der Waals surface area contributed by atoms with Gasteiger partial charge >= 0.3 is 0 Å². The Balaban J connectivity index is 2.10. The molecule has 0 saturated carbocycles. The van der Waals surface area contributed by atoms with Crippen molar-refractivity contribution in [1.82, 2.24) is 5.43 Å². The van der Waals surface area contributed by atoms with E-state index in [9.17, 15) is 0 Å². The molecule has 0 saturated heterocycles. The van der Waals surface area contributed by atoms with Crippen LogP contribution in [-0.2, 0) is 6.42 Å². The molecule has 0 spiro atoms. The highest BCUT2D eigenvalue weighted by Gasteiger charge is 2.24. The SMILES string of the molecule is CCC(C)C(CC1CCCc2ccccc21)NN. The first-order chi connectivity index (χ1) is 8.76. The third-order valence-corrected chi connectivity index (χ3v) is 4.58. The van der Waals surface area contributed by atoms with Gasteiger partial charge in [-0.3, -0.25) is 11.3 Å². The fourth-order valence-electron chi connectivity index (χ4n) is 3.16. The molecule has 0 radical (unpaired) electrons. The van der Waals surface area contributed by atoms with Crippen LogP contribution in [0.25, 0.3) is 0 Å². The van der Waals surface area contributed by atoms with Crippen LogP contribution in [-0.4, -0.2) is 6.04 Å². The molecule has 2 heteroatoms. The van der Waals surface area contributed by atoms with Gasteiger partial charge in [-0.15, -0.1) is 0 Å². The van der Waals surface area contributed by atoms with Gasteiger partial charge in [-0.05, 0) is 48.6 Å². The molecule has 100 valence electrons. The van der Waals surface area contributed by atoms with E-state index in [1.165, 1.54) is 32.1 Å².